The lowest BCUT2D eigenvalue weighted by Gasteiger charge is -2.12. The molecule has 1 N–H and O–H groups in total. The van der Waals surface area contributed by atoms with E-state index in [0.29, 0.717) is 0 Å². The second-order valence-electron chi connectivity index (χ2n) is 11.0. The van der Waals surface area contributed by atoms with Crippen molar-refractivity contribution in [2.75, 3.05) is 12.4 Å². The number of anilines is 1. The van der Waals surface area contributed by atoms with E-state index in [-0.39, 0.29) is 0 Å². The zero-order valence-electron chi connectivity index (χ0n) is 23.1. The van der Waals surface area contributed by atoms with Gasteiger partial charge < -0.3 is 9.88 Å². The monoisotopic (exact) mass is 554 g/mol. The van der Waals surface area contributed by atoms with Crippen molar-refractivity contribution in [1.82, 2.24) is 4.57 Å². The summed E-state index contributed by atoms with van der Waals surface area (Å²) in [6.07, 6.45) is 0. The van der Waals surface area contributed by atoms with Crippen LogP contribution in [0.1, 0.15) is 0 Å². The van der Waals surface area contributed by atoms with Crippen LogP contribution in [0.2, 0.25) is 0 Å². The van der Waals surface area contributed by atoms with Crippen LogP contribution in [0.25, 0.3) is 80.3 Å². The largest absolute Gasteiger partial charge is 0.388 e. The number of fused-ring (bicyclic) bond motifs is 9. The lowest BCUT2D eigenvalue weighted by atomic mass is 10.0. The van der Waals surface area contributed by atoms with E-state index in [4.69, 9.17) is 0 Å². The van der Waals surface area contributed by atoms with E-state index < -0.39 is 0 Å². The second kappa shape index (κ2) is 8.94. The van der Waals surface area contributed by atoms with E-state index in [0.717, 1.165) is 0 Å². The van der Waals surface area contributed by atoms with Crippen molar-refractivity contribution in [2.24, 2.45) is 0 Å². The molecule has 9 rings (SSSR count). The SMILES string of the molecule is CNc1cccc2sc3cc(-c4ccc5c6ccccc6n(-c6ccc7ccc8ccccc8c7c6)c5c4)ccc3c12. The molecule has 3 heteroatoms. The van der Waals surface area contributed by atoms with Crippen molar-refractivity contribution >= 4 is 80.5 Å². The first-order valence-electron chi connectivity index (χ1n) is 14.4. The van der Waals surface area contributed by atoms with Gasteiger partial charge in [0.25, 0.3) is 0 Å². The van der Waals surface area contributed by atoms with Crippen molar-refractivity contribution in [2.45, 2.75) is 0 Å². The van der Waals surface area contributed by atoms with Gasteiger partial charge in [-0.05, 0) is 75.1 Å². The normalized spacial score (nSPS) is 11.9. The molecule has 0 aliphatic heterocycles. The highest BCUT2D eigenvalue weighted by atomic mass is 32.1. The lowest BCUT2D eigenvalue weighted by molar-refractivity contribution is 1.19. The van der Waals surface area contributed by atoms with Gasteiger partial charge in [-0.25, -0.2) is 0 Å². The Labute approximate surface area is 247 Å². The predicted molar refractivity (Wildman–Crippen MR) is 184 cm³/mol. The van der Waals surface area contributed by atoms with Crippen LogP contribution >= 0.6 is 11.3 Å². The standard InChI is InChI=1S/C39H26N2S/c1-40-34-10-6-12-37-39(34)32-20-17-27(22-38(32)42-37)26-16-19-31-30-9-4-5-11-35(30)41(36(31)21-26)28-18-15-25-14-13-24-7-2-3-8-29(24)33(25)23-28/h2-23,40H,1H3. The molecule has 0 saturated carbocycles. The summed E-state index contributed by atoms with van der Waals surface area (Å²) in [5.41, 5.74) is 7.28. The Morgan fingerprint density at radius 3 is 2.10 bits per heavy atom. The first-order chi connectivity index (χ1) is 20.8. The molecule has 0 aliphatic rings. The molecule has 0 amide bonds. The molecular weight excluding hydrogens is 529 g/mol. The van der Waals surface area contributed by atoms with Crippen LogP contribution in [0.5, 0.6) is 0 Å². The third kappa shape index (κ3) is 3.38. The van der Waals surface area contributed by atoms with Gasteiger partial charge in [-0.1, -0.05) is 91.0 Å². The Bertz CT molecular complexity index is 2510. The number of aromatic nitrogens is 1. The van der Waals surface area contributed by atoms with E-state index in [1.54, 1.807) is 0 Å². The fourth-order valence-electron chi connectivity index (χ4n) is 6.77. The van der Waals surface area contributed by atoms with Gasteiger partial charge in [0.1, 0.15) is 0 Å². The van der Waals surface area contributed by atoms with Gasteiger partial charge in [-0.3, -0.25) is 0 Å². The van der Waals surface area contributed by atoms with Crippen LogP contribution in [0.15, 0.2) is 133 Å². The molecule has 0 fully saturated rings. The van der Waals surface area contributed by atoms with Crippen molar-refractivity contribution in [3.8, 4) is 16.8 Å². The number of hydrogen-bond donors (Lipinski definition) is 1. The minimum atomic E-state index is 1.18. The molecule has 0 aliphatic carbocycles. The minimum Gasteiger partial charge on any atom is -0.388 e. The summed E-state index contributed by atoms with van der Waals surface area (Å²) in [6.45, 7) is 0. The number of thiophene rings is 1. The third-order valence-electron chi connectivity index (χ3n) is 8.76. The number of benzene rings is 7. The summed E-state index contributed by atoms with van der Waals surface area (Å²) in [5, 5.41) is 13.6. The summed E-state index contributed by atoms with van der Waals surface area (Å²) >= 11 is 1.86. The van der Waals surface area contributed by atoms with Gasteiger partial charge in [-0.15, -0.1) is 11.3 Å². The highest BCUT2D eigenvalue weighted by Gasteiger charge is 2.15. The Morgan fingerprint density at radius 2 is 1.21 bits per heavy atom. The summed E-state index contributed by atoms with van der Waals surface area (Å²) in [4.78, 5) is 0. The van der Waals surface area contributed by atoms with Gasteiger partial charge in [0.2, 0.25) is 0 Å². The quantitative estimate of drug-likeness (QED) is 0.215. The van der Waals surface area contributed by atoms with Crippen molar-refractivity contribution in [1.29, 1.82) is 0 Å². The predicted octanol–water partition coefficient (Wildman–Crippen LogP) is 11.2. The van der Waals surface area contributed by atoms with Gasteiger partial charge in [0, 0.05) is 49.4 Å². The van der Waals surface area contributed by atoms with Gasteiger partial charge in [0.15, 0.2) is 0 Å². The molecule has 9 aromatic rings. The molecule has 42 heavy (non-hydrogen) atoms. The number of hydrogen-bond acceptors (Lipinski definition) is 2. The van der Waals surface area contributed by atoms with Gasteiger partial charge in [-0.2, -0.15) is 0 Å². The molecule has 2 nitrogen and oxygen atoms in total. The summed E-state index contributed by atoms with van der Waals surface area (Å²) < 4.78 is 5.06. The third-order valence-corrected chi connectivity index (χ3v) is 9.88. The second-order valence-corrected chi connectivity index (χ2v) is 12.1. The Morgan fingerprint density at radius 1 is 0.500 bits per heavy atom. The molecule has 0 bridgehead atoms. The van der Waals surface area contributed by atoms with E-state index in [9.17, 15) is 0 Å². The molecule has 7 aromatic carbocycles. The van der Waals surface area contributed by atoms with Crippen molar-refractivity contribution < 1.29 is 0 Å². The number of nitrogens with one attached hydrogen (secondary N) is 1. The maximum atomic E-state index is 3.37. The molecule has 0 unspecified atom stereocenters. The highest BCUT2D eigenvalue weighted by molar-refractivity contribution is 7.26. The summed E-state index contributed by atoms with van der Waals surface area (Å²) in [7, 11) is 2.00. The molecule has 2 aromatic heterocycles. The van der Waals surface area contributed by atoms with Crippen LogP contribution in [0.4, 0.5) is 5.69 Å². The topological polar surface area (TPSA) is 17.0 Å². The molecular formula is C39H26N2S. The fraction of sp³-hybridized carbons (Fsp3) is 0.0256. The molecule has 0 spiro atoms. The molecule has 0 atom stereocenters. The van der Waals surface area contributed by atoms with E-state index in [1.165, 1.54) is 86.0 Å². The Hall–Kier alpha value is -5.12. The zero-order valence-corrected chi connectivity index (χ0v) is 23.9. The first kappa shape index (κ1) is 23.6. The van der Waals surface area contributed by atoms with Gasteiger partial charge >= 0.3 is 0 Å². The zero-order chi connectivity index (χ0) is 27.8. The van der Waals surface area contributed by atoms with Gasteiger partial charge in [0.05, 0.1) is 11.0 Å². The van der Waals surface area contributed by atoms with Crippen LogP contribution in [-0.4, -0.2) is 11.6 Å². The average molecular weight is 555 g/mol. The van der Waals surface area contributed by atoms with Crippen LogP contribution in [-0.2, 0) is 0 Å². The maximum Gasteiger partial charge on any atom is 0.0547 e. The minimum absolute atomic E-state index is 1.18. The Balaban J connectivity index is 1.28. The first-order valence-corrected chi connectivity index (χ1v) is 15.2. The van der Waals surface area contributed by atoms with Crippen LogP contribution in [0.3, 0.4) is 0 Å². The van der Waals surface area contributed by atoms with Crippen molar-refractivity contribution in [3.05, 3.63) is 133 Å². The highest BCUT2D eigenvalue weighted by Crippen LogP contribution is 2.41. The van der Waals surface area contributed by atoms with E-state index in [2.05, 4.69) is 143 Å². The van der Waals surface area contributed by atoms with E-state index in [1.807, 2.05) is 18.4 Å². The molecule has 198 valence electrons. The average Bonchev–Trinajstić information content (AvgIpc) is 3.59. The summed E-state index contributed by atoms with van der Waals surface area (Å²) in [5.74, 6) is 0. The van der Waals surface area contributed by atoms with E-state index >= 15 is 0 Å². The molecule has 0 radical (unpaired) electrons. The fourth-order valence-corrected chi connectivity index (χ4v) is 7.94. The number of nitrogens with zero attached hydrogens (tertiary/aromatic N) is 1. The number of para-hydroxylation sites is 1. The van der Waals surface area contributed by atoms with Crippen molar-refractivity contribution in [3.63, 3.8) is 0 Å². The maximum absolute atomic E-state index is 3.37. The number of rotatable bonds is 3. The molecule has 0 saturated heterocycles. The Kier molecular flexibility index (Phi) is 5.02. The molecule has 2 heterocycles. The van der Waals surface area contributed by atoms with Crippen LogP contribution in [0, 0.1) is 0 Å². The summed E-state index contributed by atoms with van der Waals surface area (Å²) in [6, 6.07) is 49.2. The lowest BCUT2D eigenvalue weighted by Crippen LogP contribution is -1.94. The van der Waals surface area contributed by atoms with Crippen LogP contribution < -0.4 is 5.32 Å². The smallest absolute Gasteiger partial charge is 0.0547 e.